The number of pyridine rings is 1. The lowest BCUT2D eigenvalue weighted by Crippen LogP contribution is -2.27. The molecule has 0 bridgehead atoms. The van der Waals surface area contributed by atoms with Crippen molar-refractivity contribution in [3.63, 3.8) is 0 Å². The summed E-state index contributed by atoms with van der Waals surface area (Å²) in [6, 6.07) is 1.91. The van der Waals surface area contributed by atoms with E-state index in [-0.39, 0.29) is 0 Å². The molecule has 0 atom stereocenters. The van der Waals surface area contributed by atoms with Gasteiger partial charge in [-0.05, 0) is 11.6 Å². The molecule has 4 rings (SSSR count). The number of hydrogen-bond acceptors (Lipinski definition) is 5. The second-order valence-electron chi connectivity index (χ2n) is 5.30. The predicted octanol–water partition coefficient (Wildman–Crippen LogP) is 1.16. The molecule has 0 fully saturated rings. The maximum atomic E-state index is 11.7. The summed E-state index contributed by atoms with van der Waals surface area (Å²) in [5.41, 5.74) is 2.41. The van der Waals surface area contributed by atoms with Crippen molar-refractivity contribution in [3.8, 4) is 0 Å². The lowest BCUT2D eigenvalue weighted by atomic mass is 10.1. The molecule has 1 aliphatic heterocycles. The largest absolute Gasteiger partial charge is 0.278 e. The number of H-pyrrole nitrogens is 1. The van der Waals surface area contributed by atoms with Gasteiger partial charge in [0.05, 0.1) is 18.1 Å². The van der Waals surface area contributed by atoms with E-state index in [1.165, 1.54) is 10.6 Å². The maximum absolute atomic E-state index is 11.7. The molecule has 22 heavy (non-hydrogen) atoms. The van der Waals surface area contributed by atoms with E-state index in [0.717, 1.165) is 27.4 Å². The van der Waals surface area contributed by atoms with Crippen molar-refractivity contribution in [1.82, 2.24) is 24.5 Å². The fourth-order valence-electron chi connectivity index (χ4n) is 2.77. The molecule has 0 radical (unpaired) electrons. The van der Waals surface area contributed by atoms with E-state index >= 15 is 0 Å². The molecule has 0 aromatic carbocycles. The molecule has 4 heterocycles. The summed E-state index contributed by atoms with van der Waals surface area (Å²) >= 11 is 0. The predicted molar refractivity (Wildman–Crippen MR) is 83.6 cm³/mol. The molecular weight excluding hydrogens is 302 g/mol. The lowest BCUT2D eigenvalue weighted by Gasteiger charge is -2.13. The van der Waals surface area contributed by atoms with Crippen LogP contribution < -0.4 is 0 Å². The first kappa shape index (κ1) is 13.4. The molecule has 7 nitrogen and oxygen atoms in total. The van der Waals surface area contributed by atoms with Crippen molar-refractivity contribution in [2.75, 3.05) is 19.3 Å². The fraction of sp³-hybridized carbons (Fsp3) is 0.214. The highest BCUT2D eigenvalue weighted by Gasteiger charge is 2.25. The van der Waals surface area contributed by atoms with Gasteiger partial charge in [0, 0.05) is 41.6 Å². The first-order valence-corrected chi connectivity index (χ1v) is 8.60. The molecule has 0 spiro atoms. The number of nitrogens with one attached hydrogen (secondary N) is 1. The van der Waals surface area contributed by atoms with Crippen molar-refractivity contribution >= 4 is 37.4 Å². The summed E-state index contributed by atoms with van der Waals surface area (Å²) in [5, 5.41) is 9.96. The van der Waals surface area contributed by atoms with Crippen molar-refractivity contribution in [1.29, 1.82) is 0 Å². The third-order valence-corrected chi connectivity index (χ3v) is 5.09. The smallest absolute Gasteiger partial charge is 0.211 e. The van der Waals surface area contributed by atoms with E-state index in [0.29, 0.717) is 18.7 Å². The van der Waals surface area contributed by atoms with Crippen molar-refractivity contribution < 1.29 is 8.42 Å². The topological polar surface area (TPSA) is 91.8 Å². The van der Waals surface area contributed by atoms with E-state index in [4.69, 9.17) is 0 Å². The zero-order valence-electron chi connectivity index (χ0n) is 11.8. The van der Waals surface area contributed by atoms with Gasteiger partial charge in [-0.25, -0.2) is 18.4 Å². The monoisotopic (exact) mass is 315 g/mol. The van der Waals surface area contributed by atoms with Crippen LogP contribution in [0.25, 0.3) is 27.4 Å². The molecule has 1 N–H and O–H groups in total. The van der Waals surface area contributed by atoms with Crippen LogP contribution in [0.15, 0.2) is 30.7 Å². The summed E-state index contributed by atoms with van der Waals surface area (Å²) < 4.78 is 24.8. The lowest BCUT2D eigenvalue weighted by molar-refractivity contribution is 0.496. The molecule has 112 valence electrons. The Kier molecular flexibility index (Phi) is 2.78. The van der Waals surface area contributed by atoms with Gasteiger partial charge in [0.25, 0.3) is 0 Å². The van der Waals surface area contributed by atoms with Gasteiger partial charge >= 0.3 is 0 Å². The van der Waals surface area contributed by atoms with E-state index in [2.05, 4.69) is 20.2 Å². The van der Waals surface area contributed by atoms with Gasteiger partial charge < -0.3 is 0 Å². The standard InChI is InChI=1S/C14H13N5O2S/c1-22(20,21)19-5-3-9(8-19)13-12-10(7-17-18-13)6-16-14-11(12)2-4-15-14/h2-4,6-7,18H,5,8H2,1H3. The zero-order chi connectivity index (χ0) is 15.3. The van der Waals surface area contributed by atoms with Crippen LogP contribution in [0.4, 0.5) is 0 Å². The van der Waals surface area contributed by atoms with E-state index < -0.39 is 10.0 Å². The van der Waals surface area contributed by atoms with E-state index in [1.54, 1.807) is 18.6 Å². The quantitative estimate of drug-likeness (QED) is 0.766. The SMILES string of the molecule is CS(=O)(=O)N1CC=C(c2[nH]ncc3cnc4nccc4c23)C1. The highest BCUT2D eigenvalue weighted by atomic mass is 32.2. The molecule has 8 heteroatoms. The van der Waals surface area contributed by atoms with Gasteiger partial charge in [-0.15, -0.1) is 0 Å². The number of fused-ring (bicyclic) bond motifs is 3. The number of aromatic amines is 1. The Bertz CT molecular complexity index is 1020. The second-order valence-corrected chi connectivity index (χ2v) is 7.28. The summed E-state index contributed by atoms with van der Waals surface area (Å²) in [5.74, 6) is 0. The summed E-state index contributed by atoms with van der Waals surface area (Å²) in [6.07, 6.45) is 8.29. The third-order valence-electron chi connectivity index (χ3n) is 3.87. The number of hydrogen-bond donors (Lipinski definition) is 1. The van der Waals surface area contributed by atoms with Crippen LogP contribution in [0.5, 0.6) is 0 Å². The van der Waals surface area contributed by atoms with Gasteiger partial charge in [-0.3, -0.25) is 5.10 Å². The molecule has 0 unspecified atom stereocenters. The Labute approximate surface area is 126 Å². The van der Waals surface area contributed by atoms with Crippen LogP contribution in [0.1, 0.15) is 5.69 Å². The second kappa shape index (κ2) is 4.59. The third kappa shape index (κ3) is 1.99. The Hall–Kier alpha value is -2.32. The zero-order valence-corrected chi connectivity index (χ0v) is 12.6. The maximum Gasteiger partial charge on any atom is 0.211 e. The van der Waals surface area contributed by atoms with Gasteiger partial charge in [0.15, 0.2) is 5.65 Å². The minimum absolute atomic E-state index is 0.341. The average molecular weight is 315 g/mol. The Balaban J connectivity index is 1.91. The average Bonchev–Trinajstić information content (AvgIpc) is 3.15. The van der Waals surface area contributed by atoms with Crippen LogP contribution in [0.3, 0.4) is 0 Å². The highest BCUT2D eigenvalue weighted by molar-refractivity contribution is 7.88. The Morgan fingerprint density at radius 3 is 2.91 bits per heavy atom. The van der Waals surface area contributed by atoms with Crippen LogP contribution in [-0.2, 0) is 10.0 Å². The summed E-state index contributed by atoms with van der Waals surface area (Å²) in [6.45, 7) is 0.722. The van der Waals surface area contributed by atoms with Crippen LogP contribution >= 0.6 is 0 Å². The number of rotatable bonds is 2. The van der Waals surface area contributed by atoms with Crippen molar-refractivity contribution in [2.45, 2.75) is 0 Å². The normalized spacial score (nSPS) is 16.5. The summed E-state index contributed by atoms with van der Waals surface area (Å²) in [7, 11) is -3.21. The van der Waals surface area contributed by atoms with Crippen LogP contribution in [-0.4, -0.2) is 52.2 Å². The highest BCUT2D eigenvalue weighted by Crippen LogP contribution is 2.30. The molecule has 3 aromatic rings. The van der Waals surface area contributed by atoms with Crippen LogP contribution in [0.2, 0.25) is 0 Å². The number of aromatic nitrogens is 4. The van der Waals surface area contributed by atoms with Crippen molar-refractivity contribution in [3.05, 3.63) is 36.4 Å². The van der Waals surface area contributed by atoms with Gasteiger partial charge in [0.1, 0.15) is 0 Å². The van der Waals surface area contributed by atoms with Crippen molar-refractivity contribution in [2.24, 2.45) is 0 Å². The fourth-order valence-corrected chi connectivity index (χ4v) is 3.49. The van der Waals surface area contributed by atoms with Gasteiger partial charge in [-0.2, -0.15) is 9.40 Å². The molecular formula is C14H13N5O2S. The first-order valence-electron chi connectivity index (χ1n) is 6.75. The minimum atomic E-state index is -3.21. The van der Waals surface area contributed by atoms with Gasteiger partial charge in [0.2, 0.25) is 10.0 Å². The van der Waals surface area contributed by atoms with E-state index in [9.17, 15) is 8.42 Å². The molecule has 0 saturated carbocycles. The summed E-state index contributed by atoms with van der Waals surface area (Å²) in [4.78, 5) is 8.52. The molecule has 0 saturated heterocycles. The van der Waals surface area contributed by atoms with E-state index in [1.807, 2.05) is 12.1 Å². The Morgan fingerprint density at radius 1 is 1.27 bits per heavy atom. The molecule has 3 aromatic heterocycles. The molecule has 1 aliphatic rings. The van der Waals surface area contributed by atoms with Crippen LogP contribution in [0, 0.1) is 0 Å². The van der Waals surface area contributed by atoms with Gasteiger partial charge in [-0.1, -0.05) is 6.08 Å². The minimum Gasteiger partial charge on any atom is -0.278 e. The molecule has 0 amide bonds. The first-order chi connectivity index (χ1) is 10.5. The molecule has 0 aliphatic carbocycles. The number of sulfonamides is 1. The Morgan fingerprint density at radius 2 is 2.14 bits per heavy atom. The number of nitrogens with zero attached hydrogens (tertiary/aromatic N) is 4.